The number of hydrogen-bond donors (Lipinski definition) is 1. The summed E-state index contributed by atoms with van der Waals surface area (Å²) in [7, 11) is 0. The summed E-state index contributed by atoms with van der Waals surface area (Å²) in [6, 6.07) is 0. The lowest BCUT2D eigenvalue weighted by Gasteiger charge is -2.34. The van der Waals surface area contributed by atoms with Gasteiger partial charge in [0.1, 0.15) is 0 Å². The zero-order valence-electron chi connectivity index (χ0n) is 7.33. The van der Waals surface area contributed by atoms with Gasteiger partial charge in [0.05, 0.1) is 13.2 Å². The van der Waals surface area contributed by atoms with Crippen molar-refractivity contribution in [1.29, 1.82) is 0 Å². The first kappa shape index (κ1) is 8.50. The minimum atomic E-state index is -0.963. The smallest absolute Gasteiger partial charge is 0.415 e. The number of carbonyl (C=O) groups is 2. The summed E-state index contributed by atoms with van der Waals surface area (Å²) in [6.07, 6.45) is -0.190. The third-order valence-corrected chi connectivity index (χ3v) is 2.66. The van der Waals surface area contributed by atoms with Crippen LogP contribution in [0.5, 0.6) is 0 Å². The number of nitrogens with one attached hydrogen (secondary N) is 1. The average molecular weight is 185 g/mol. The third-order valence-electron chi connectivity index (χ3n) is 2.66. The molecule has 1 spiro atoms. The zero-order chi connectivity index (χ0) is 9.47. The van der Waals surface area contributed by atoms with E-state index in [0.29, 0.717) is 19.6 Å². The molecule has 2 saturated heterocycles. The number of alkyl carbamates (subject to hydrolysis) is 1. The second kappa shape index (κ2) is 2.70. The van der Waals surface area contributed by atoms with E-state index < -0.39 is 11.7 Å². The summed E-state index contributed by atoms with van der Waals surface area (Å²) in [5.74, 6) is -0.402. The molecule has 0 aliphatic carbocycles. The molecule has 13 heavy (non-hydrogen) atoms. The molecule has 2 unspecified atom stereocenters. The Hall–Kier alpha value is -1.10. The predicted molar refractivity (Wildman–Crippen MR) is 42.0 cm³/mol. The van der Waals surface area contributed by atoms with Crippen molar-refractivity contribution in [2.45, 2.75) is 18.9 Å². The van der Waals surface area contributed by atoms with Crippen molar-refractivity contribution in [2.24, 2.45) is 5.92 Å². The van der Waals surface area contributed by atoms with Gasteiger partial charge in [-0.1, -0.05) is 6.92 Å². The highest BCUT2D eigenvalue weighted by Gasteiger charge is 2.54. The zero-order valence-corrected chi connectivity index (χ0v) is 7.33. The van der Waals surface area contributed by atoms with Crippen LogP contribution in [0.3, 0.4) is 0 Å². The van der Waals surface area contributed by atoms with Gasteiger partial charge in [-0.3, -0.25) is 10.1 Å². The highest BCUT2D eigenvalue weighted by molar-refractivity contribution is 6.03. The Morgan fingerprint density at radius 3 is 2.85 bits per heavy atom. The fourth-order valence-corrected chi connectivity index (χ4v) is 1.79. The van der Waals surface area contributed by atoms with Gasteiger partial charge >= 0.3 is 6.09 Å². The van der Waals surface area contributed by atoms with Gasteiger partial charge in [0.15, 0.2) is 5.60 Å². The molecule has 0 saturated carbocycles. The van der Waals surface area contributed by atoms with Crippen molar-refractivity contribution in [3.8, 4) is 0 Å². The Balaban J connectivity index is 2.26. The van der Waals surface area contributed by atoms with E-state index in [1.54, 1.807) is 0 Å². The van der Waals surface area contributed by atoms with Crippen LogP contribution in [-0.2, 0) is 14.3 Å². The van der Waals surface area contributed by atoms with E-state index in [9.17, 15) is 9.59 Å². The molecule has 2 amide bonds. The Bertz CT molecular complexity index is 265. The van der Waals surface area contributed by atoms with E-state index in [2.05, 4.69) is 5.32 Å². The summed E-state index contributed by atoms with van der Waals surface area (Å²) in [5.41, 5.74) is -0.963. The van der Waals surface area contributed by atoms with Crippen LogP contribution in [-0.4, -0.2) is 30.8 Å². The van der Waals surface area contributed by atoms with Crippen LogP contribution in [0.1, 0.15) is 13.3 Å². The second-order valence-corrected chi connectivity index (χ2v) is 3.46. The molecule has 72 valence electrons. The number of amides is 2. The average Bonchev–Trinajstić information content (AvgIpc) is 2.35. The van der Waals surface area contributed by atoms with Crippen LogP contribution in [0.2, 0.25) is 0 Å². The molecule has 2 aliphatic rings. The summed E-state index contributed by atoms with van der Waals surface area (Å²) in [6.45, 7) is 2.77. The van der Waals surface area contributed by atoms with Crippen molar-refractivity contribution in [2.75, 3.05) is 13.2 Å². The monoisotopic (exact) mass is 185 g/mol. The number of rotatable bonds is 0. The van der Waals surface area contributed by atoms with Crippen LogP contribution >= 0.6 is 0 Å². The molecule has 5 nitrogen and oxygen atoms in total. The number of carbonyl (C=O) groups excluding carboxylic acids is 2. The number of imide groups is 1. The van der Waals surface area contributed by atoms with Crippen LogP contribution in [0.4, 0.5) is 4.79 Å². The minimum absolute atomic E-state index is 0.0762. The molecule has 0 bridgehead atoms. The molecule has 2 heterocycles. The molecule has 2 aliphatic heterocycles. The van der Waals surface area contributed by atoms with Crippen LogP contribution < -0.4 is 5.32 Å². The SMILES string of the molecule is CC1COCCC12OC(=O)NC2=O. The van der Waals surface area contributed by atoms with Gasteiger partial charge < -0.3 is 9.47 Å². The molecule has 2 fully saturated rings. The highest BCUT2D eigenvalue weighted by atomic mass is 16.6. The normalized spacial score (nSPS) is 39.0. The Morgan fingerprint density at radius 1 is 1.54 bits per heavy atom. The molecule has 2 rings (SSSR count). The van der Waals surface area contributed by atoms with Gasteiger partial charge in [0.25, 0.3) is 5.91 Å². The quantitative estimate of drug-likeness (QED) is 0.579. The molecule has 5 heteroatoms. The van der Waals surface area contributed by atoms with Gasteiger partial charge in [-0.15, -0.1) is 0 Å². The summed E-state index contributed by atoms with van der Waals surface area (Å²) in [5, 5.41) is 2.15. The van der Waals surface area contributed by atoms with Gasteiger partial charge in [0.2, 0.25) is 0 Å². The van der Waals surface area contributed by atoms with E-state index >= 15 is 0 Å². The molecule has 2 atom stereocenters. The standard InChI is InChI=1S/C8H11NO4/c1-5-4-12-3-2-8(5)6(10)9-7(11)13-8/h5H,2-4H2,1H3,(H,9,10,11). The third kappa shape index (κ3) is 1.11. The van der Waals surface area contributed by atoms with E-state index in [1.165, 1.54) is 0 Å². The topological polar surface area (TPSA) is 64.6 Å². The van der Waals surface area contributed by atoms with Crippen molar-refractivity contribution < 1.29 is 19.1 Å². The lowest BCUT2D eigenvalue weighted by Crippen LogP contribution is -2.50. The first-order valence-electron chi connectivity index (χ1n) is 4.27. The van der Waals surface area contributed by atoms with Gasteiger partial charge in [-0.25, -0.2) is 4.79 Å². The van der Waals surface area contributed by atoms with Crippen LogP contribution in [0.25, 0.3) is 0 Å². The molecule has 0 radical (unpaired) electrons. The van der Waals surface area contributed by atoms with Crippen molar-refractivity contribution in [3.63, 3.8) is 0 Å². The van der Waals surface area contributed by atoms with Crippen molar-refractivity contribution in [1.82, 2.24) is 5.32 Å². The lowest BCUT2D eigenvalue weighted by atomic mass is 9.84. The van der Waals surface area contributed by atoms with Crippen molar-refractivity contribution >= 4 is 12.0 Å². The lowest BCUT2D eigenvalue weighted by molar-refractivity contribution is -0.147. The van der Waals surface area contributed by atoms with Crippen LogP contribution in [0.15, 0.2) is 0 Å². The molecule has 0 aromatic rings. The number of ether oxygens (including phenoxy) is 2. The highest BCUT2D eigenvalue weighted by Crippen LogP contribution is 2.33. The van der Waals surface area contributed by atoms with Gasteiger partial charge in [-0.2, -0.15) is 0 Å². The Labute approximate surface area is 75.4 Å². The minimum Gasteiger partial charge on any atom is -0.432 e. The van der Waals surface area contributed by atoms with E-state index in [0.717, 1.165) is 0 Å². The fourth-order valence-electron chi connectivity index (χ4n) is 1.79. The maximum atomic E-state index is 11.5. The maximum Gasteiger partial charge on any atom is 0.415 e. The van der Waals surface area contributed by atoms with E-state index in [-0.39, 0.29) is 11.8 Å². The molecule has 0 aromatic heterocycles. The number of hydrogen-bond acceptors (Lipinski definition) is 4. The molecule has 0 aromatic carbocycles. The van der Waals surface area contributed by atoms with Crippen molar-refractivity contribution in [3.05, 3.63) is 0 Å². The van der Waals surface area contributed by atoms with E-state index in [1.807, 2.05) is 6.92 Å². The first-order chi connectivity index (χ1) is 6.15. The summed E-state index contributed by atoms with van der Waals surface area (Å²) in [4.78, 5) is 22.3. The largest absolute Gasteiger partial charge is 0.432 e. The van der Waals surface area contributed by atoms with Gasteiger partial charge in [0, 0.05) is 12.3 Å². The Kier molecular flexibility index (Phi) is 1.76. The van der Waals surface area contributed by atoms with E-state index in [4.69, 9.17) is 9.47 Å². The first-order valence-corrected chi connectivity index (χ1v) is 4.27. The summed E-state index contributed by atoms with van der Waals surface area (Å²) >= 11 is 0. The molecule has 1 N–H and O–H groups in total. The fraction of sp³-hybridized carbons (Fsp3) is 0.750. The predicted octanol–water partition coefficient (Wildman–Crippen LogP) is 0.0480. The maximum absolute atomic E-state index is 11.5. The van der Waals surface area contributed by atoms with Crippen LogP contribution in [0, 0.1) is 5.92 Å². The summed E-state index contributed by atoms with van der Waals surface area (Å²) < 4.78 is 10.2. The molecular weight excluding hydrogens is 174 g/mol. The Morgan fingerprint density at radius 2 is 2.31 bits per heavy atom. The van der Waals surface area contributed by atoms with Gasteiger partial charge in [-0.05, 0) is 0 Å². The molecular formula is C8H11NO4. The second-order valence-electron chi connectivity index (χ2n) is 3.46.